The smallest absolute Gasteiger partial charge is 0.328 e. The summed E-state index contributed by atoms with van der Waals surface area (Å²) >= 11 is 0. The van der Waals surface area contributed by atoms with Crippen LogP contribution < -0.4 is 26.6 Å². The number of likely N-dealkylation sites (tertiary alicyclic amines) is 1. The Morgan fingerprint density at radius 2 is 1.30 bits per heavy atom. The van der Waals surface area contributed by atoms with Crippen LogP contribution in [0, 0.1) is 11.8 Å². The summed E-state index contributed by atoms with van der Waals surface area (Å²) in [7, 11) is 1.21. The molecule has 1 saturated heterocycles. The van der Waals surface area contributed by atoms with E-state index in [4.69, 9.17) is 9.84 Å². The summed E-state index contributed by atoms with van der Waals surface area (Å²) < 4.78 is 4.79. The Hall–Kier alpha value is -4.77. The molecule has 1 rings (SSSR count). The van der Waals surface area contributed by atoms with E-state index in [9.17, 15) is 48.3 Å². The number of hydrogen-bond acceptors (Lipinski definition) is 10. The zero-order chi connectivity index (χ0) is 38.3. The van der Waals surface area contributed by atoms with E-state index in [1.807, 2.05) is 6.92 Å². The number of ether oxygens (including phenoxy) is 1. The third-order valence-corrected chi connectivity index (χ3v) is 8.33. The topological polar surface area (TPSA) is 267 Å². The largest absolute Gasteiger partial charge is 0.481 e. The molecule has 0 aliphatic carbocycles. The van der Waals surface area contributed by atoms with Crippen LogP contribution in [0.5, 0.6) is 0 Å². The van der Waals surface area contributed by atoms with Gasteiger partial charge in [-0.05, 0) is 31.1 Å². The molecule has 0 aromatic rings. The van der Waals surface area contributed by atoms with E-state index in [0.29, 0.717) is 32.1 Å². The van der Waals surface area contributed by atoms with Crippen LogP contribution in [-0.2, 0) is 47.9 Å². The van der Waals surface area contributed by atoms with E-state index in [2.05, 4.69) is 26.6 Å². The fourth-order valence-electron chi connectivity index (χ4n) is 5.43. The van der Waals surface area contributed by atoms with Gasteiger partial charge in [-0.3, -0.25) is 38.4 Å². The van der Waals surface area contributed by atoms with E-state index < -0.39 is 114 Å². The van der Waals surface area contributed by atoms with Gasteiger partial charge in [0.2, 0.25) is 35.4 Å². The molecule has 50 heavy (non-hydrogen) atoms. The fourth-order valence-corrected chi connectivity index (χ4v) is 5.43. The second kappa shape index (κ2) is 20.7. The molecule has 18 nitrogen and oxygen atoms in total. The zero-order valence-electron chi connectivity index (χ0n) is 29.7. The van der Waals surface area contributed by atoms with Crippen molar-refractivity contribution in [3.63, 3.8) is 0 Å². The average Bonchev–Trinajstić information content (AvgIpc) is 3.53. The van der Waals surface area contributed by atoms with E-state index in [-0.39, 0.29) is 6.54 Å². The van der Waals surface area contributed by atoms with Gasteiger partial charge in [-0.15, -0.1) is 0 Å². The van der Waals surface area contributed by atoms with Crippen molar-refractivity contribution in [3.05, 3.63) is 0 Å². The van der Waals surface area contributed by atoms with Gasteiger partial charge in [-0.2, -0.15) is 0 Å². The fraction of sp³-hybridized carbons (Fsp3) is 0.719. The molecule has 0 radical (unpaired) electrons. The number of carboxylic acids is 2. The molecule has 6 amide bonds. The molecule has 1 fully saturated rings. The van der Waals surface area contributed by atoms with Crippen LogP contribution >= 0.6 is 0 Å². The molecule has 1 heterocycles. The predicted molar refractivity (Wildman–Crippen MR) is 176 cm³/mol. The van der Waals surface area contributed by atoms with E-state index in [1.54, 1.807) is 27.7 Å². The molecule has 7 N–H and O–H groups in total. The molecule has 0 bridgehead atoms. The summed E-state index contributed by atoms with van der Waals surface area (Å²) in [5.74, 6) is -9.39. The van der Waals surface area contributed by atoms with Crippen molar-refractivity contribution in [1.29, 1.82) is 0 Å². The number of hydrogen-bond donors (Lipinski definition) is 7. The quantitative estimate of drug-likeness (QED) is 0.0753. The highest BCUT2D eigenvalue weighted by Crippen LogP contribution is 2.21. The first kappa shape index (κ1) is 43.3. The van der Waals surface area contributed by atoms with Gasteiger partial charge in [0.1, 0.15) is 36.3 Å². The van der Waals surface area contributed by atoms with Crippen LogP contribution in [-0.4, -0.2) is 118 Å². The van der Waals surface area contributed by atoms with Crippen molar-refractivity contribution < 1.29 is 58.1 Å². The Balaban J connectivity index is 3.24. The van der Waals surface area contributed by atoms with Crippen LogP contribution in [0.1, 0.15) is 86.5 Å². The Bertz CT molecular complexity index is 1260. The van der Waals surface area contributed by atoms with Crippen molar-refractivity contribution in [2.24, 2.45) is 11.8 Å². The SMILES string of the molecule is CCC[C@H](NC(=O)[C@@H]1CCCN1C(=O)[C@@H](NC(=O)[C@@H](NC(=O)[C@@H](CC(=O)O)NC(=O)[C@H](CC(=O)O)NC(C)=O)[C@@H](C)CC)C(C)C)C(=O)OC. The highest BCUT2D eigenvalue weighted by atomic mass is 16.5. The van der Waals surface area contributed by atoms with Crippen LogP contribution in [0.4, 0.5) is 0 Å². The zero-order valence-corrected chi connectivity index (χ0v) is 29.7. The maximum atomic E-state index is 13.9. The first-order valence-electron chi connectivity index (χ1n) is 16.7. The van der Waals surface area contributed by atoms with Gasteiger partial charge in [0, 0.05) is 13.5 Å². The van der Waals surface area contributed by atoms with Crippen molar-refractivity contribution in [3.8, 4) is 0 Å². The molecule has 282 valence electrons. The van der Waals surface area contributed by atoms with Crippen LogP contribution in [0.15, 0.2) is 0 Å². The maximum absolute atomic E-state index is 13.9. The van der Waals surface area contributed by atoms with Crippen LogP contribution in [0.2, 0.25) is 0 Å². The normalized spacial score (nSPS) is 17.6. The summed E-state index contributed by atoms with van der Waals surface area (Å²) in [5, 5.41) is 30.7. The lowest BCUT2D eigenvalue weighted by molar-refractivity contribution is -0.147. The number of carbonyl (C=O) groups excluding carboxylic acids is 7. The Morgan fingerprint density at radius 1 is 0.760 bits per heavy atom. The number of carbonyl (C=O) groups is 9. The summed E-state index contributed by atoms with van der Waals surface area (Å²) in [6.07, 6.45) is 0.318. The first-order chi connectivity index (χ1) is 23.4. The van der Waals surface area contributed by atoms with Gasteiger partial charge < -0.3 is 46.4 Å². The van der Waals surface area contributed by atoms with Crippen LogP contribution in [0.25, 0.3) is 0 Å². The highest BCUT2D eigenvalue weighted by molar-refractivity contribution is 5.98. The first-order valence-corrected chi connectivity index (χ1v) is 16.7. The highest BCUT2D eigenvalue weighted by Gasteiger charge is 2.41. The van der Waals surface area contributed by atoms with Crippen molar-refractivity contribution in [1.82, 2.24) is 31.5 Å². The van der Waals surface area contributed by atoms with Crippen LogP contribution in [0.3, 0.4) is 0 Å². The molecular weight excluding hydrogens is 660 g/mol. The number of carboxylic acid groups (broad SMARTS) is 2. The molecule has 18 heteroatoms. The second-order valence-electron chi connectivity index (χ2n) is 12.7. The molecule has 0 unspecified atom stereocenters. The number of nitrogens with zero attached hydrogens (tertiary/aromatic N) is 1. The molecule has 0 aromatic carbocycles. The third kappa shape index (κ3) is 13.3. The van der Waals surface area contributed by atoms with E-state index >= 15 is 0 Å². The summed E-state index contributed by atoms with van der Waals surface area (Å²) in [5.41, 5.74) is 0. The lowest BCUT2D eigenvalue weighted by atomic mass is 9.95. The lowest BCUT2D eigenvalue weighted by Gasteiger charge is -2.33. The second-order valence-corrected chi connectivity index (χ2v) is 12.7. The number of aliphatic carboxylic acids is 2. The van der Waals surface area contributed by atoms with E-state index in [0.717, 1.165) is 6.92 Å². The number of esters is 1. The number of methoxy groups -OCH3 is 1. The summed E-state index contributed by atoms with van der Waals surface area (Å²) in [6, 6.07) is -7.63. The molecule has 1 aliphatic heterocycles. The molecular formula is C32H52N6O12. The molecule has 0 aromatic heterocycles. The van der Waals surface area contributed by atoms with Gasteiger partial charge in [-0.25, -0.2) is 4.79 Å². The summed E-state index contributed by atoms with van der Waals surface area (Å²) in [4.78, 5) is 115. The van der Waals surface area contributed by atoms with Crippen molar-refractivity contribution in [2.75, 3.05) is 13.7 Å². The number of amides is 6. The summed E-state index contributed by atoms with van der Waals surface area (Å²) in [6.45, 7) is 9.83. The van der Waals surface area contributed by atoms with Crippen molar-refractivity contribution in [2.45, 2.75) is 123 Å². The predicted octanol–water partition coefficient (Wildman–Crippen LogP) is -0.954. The lowest BCUT2D eigenvalue weighted by Crippen LogP contribution is -2.61. The van der Waals surface area contributed by atoms with Gasteiger partial charge >= 0.3 is 17.9 Å². The maximum Gasteiger partial charge on any atom is 0.328 e. The standard InChI is InChI=1S/C32H52N6O12/c1-8-11-19(32(49)50-7)34-29(46)22-12-10-13-38(22)31(48)25(16(3)4)36-30(47)26(17(5)9-2)37-28(45)21(15-24(42)43)35-27(44)20(14-23(40)41)33-18(6)39/h16-17,19-22,25-26H,8-15H2,1-7H3,(H,33,39)(H,34,46)(H,35,44)(H,36,47)(H,37,45)(H,40,41)(H,42,43)/t17-,19-,20-,21+,22-,25-,26-/m0/s1. The van der Waals surface area contributed by atoms with Gasteiger partial charge in [0.05, 0.1) is 20.0 Å². The minimum absolute atomic E-state index is 0.218. The molecule has 0 spiro atoms. The molecule has 1 aliphatic rings. The minimum Gasteiger partial charge on any atom is -0.481 e. The van der Waals surface area contributed by atoms with Gasteiger partial charge in [-0.1, -0.05) is 47.5 Å². The van der Waals surface area contributed by atoms with Gasteiger partial charge in [0.15, 0.2) is 0 Å². The van der Waals surface area contributed by atoms with E-state index in [1.165, 1.54) is 12.0 Å². The Labute approximate surface area is 291 Å². The number of nitrogens with one attached hydrogen (secondary N) is 5. The molecule has 7 atom stereocenters. The average molecular weight is 713 g/mol. The number of rotatable bonds is 20. The minimum atomic E-state index is -1.77. The van der Waals surface area contributed by atoms with Gasteiger partial charge in [0.25, 0.3) is 0 Å². The third-order valence-electron chi connectivity index (χ3n) is 8.33. The van der Waals surface area contributed by atoms with Crippen molar-refractivity contribution >= 4 is 53.4 Å². The molecule has 0 saturated carbocycles. The Morgan fingerprint density at radius 3 is 1.78 bits per heavy atom. The monoisotopic (exact) mass is 712 g/mol. The Kier molecular flexibility index (Phi) is 17.9.